The summed E-state index contributed by atoms with van der Waals surface area (Å²) in [6, 6.07) is 26.1. The van der Waals surface area contributed by atoms with Crippen LogP contribution in [-0.2, 0) is 4.79 Å². The molecule has 0 bridgehead atoms. The molecule has 1 aromatic heterocycles. The fourth-order valence-corrected chi connectivity index (χ4v) is 4.56. The van der Waals surface area contributed by atoms with Gasteiger partial charge in [0.05, 0.1) is 10.2 Å². The van der Waals surface area contributed by atoms with Gasteiger partial charge >= 0.3 is 0 Å². The number of amides is 1. The third kappa shape index (κ3) is 4.56. The fourth-order valence-electron chi connectivity index (χ4n) is 2.73. The number of hydrogen-bond acceptors (Lipinski definition) is 4. The molecule has 3 aromatic carbocycles. The minimum absolute atomic E-state index is 0.0277. The zero-order valence-electron chi connectivity index (χ0n) is 14.6. The van der Waals surface area contributed by atoms with E-state index in [1.807, 2.05) is 60.7 Å². The second kappa shape index (κ2) is 8.37. The van der Waals surface area contributed by atoms with Crippen molar-refractivity contribution in [2.24, 2.45) is 0 Å². The van der Waals surface area contributed by atoms with Crippen LogP contribution in [0, 0.1) is 0 Å². The van der Waals surface area contributed by atoms with Crippen molar-refractivity contribution in [3.05, 3.63) is 78.9 Å². The summed E-state index contributed by atoms with van der Waals surface area (Å²) in [5.41, 5.74) is 2.83. The Hall–Kier alpha value is -2.63. The molecule has 0 spiro atoms. The Bertz CT molecular complexity index is 1030. The van der Waals surface area contributed by atoms with E-state index >= 15 is 0 Å². The molecule has 4 rings (SSSR count). The lowest BCUT2D eigenvalue weighted by Crippen LogP contribution is -2.12. The average Bonchev–Trinajstić information content (AvgIpc) is 3.13. The Morgan fingerprint density at radius 2 is 1.78 bits per heavy atom. The number of fused-ring (bicyclic) bond motifs is 1. The predicted molar refractivity (Wildman–Crippen MR) is 115 cm³/mol. The Morgan fingerprint density at radius 1 is 0.963 bits per heavy atom. The van der Waals surface area contributed by atoms with E-state index in [9.17, 15) is 4.79 Å². The van der Waals surface area contributed by atoms with E-state index in [1.54, 1.807) is 23.1 Å². The molecular formula is C22H18N2OS2. The fraction of sp³-hybridized carbons (Fsp3) is 0.0909. The van der Waals surface area contributed by atoms with Crippen molar-refractivity contribution >= 4 is 44.9 Å². The van der Waals surface area contributed by atoms with Crippen LogP contribution in [0.15, 0.2) is 83.8 Å². The smallest absolute Gasteiger partial charge is 0.225 e. The first-order valence-corrected chi connectivity index (χ1v) is 10.5. The number of hydrogen-bond donors (Lipinski definition) is 1. The van der Waals surface area contributed by atoms with Crippen LogP contribution in [0.25, 0.3) is 20.8 Å². The Morgan fingerprint density at radius 3 is 2.63 bits per heavy atom. The third-order valence-corrected chi connectivity index (χ3v) is 6.13. The molecule has 1 amide bonds. The topological polar surface area (TPSA) is 42.0 Å². The van der Waals surface area contributed by atoms with E-state index in [0.29, 0.717) is 6.42 Å². The van der Waals surface area contributed by atoms with Crippen molar-refractivity contribution in [1.29, 1.82) is 0 Å². The molecular weight excluding hydrogens is 372 g/mol. The maximum Gasteiger partial charge on any atom is 0.225 e. The molecule has 3 nitrogen and oxygen atoms in total. The van der Waals surface area contributed by atoms with Crippen molar-refractivity contribution in [2.45, 2.75) is 11.3 Å². The van der Waals surface area contributed by atoms with Gasteiger partial charge in [0.25, 0.3) is 0 Å². The second-order valence-corrected chi connectivity index (χ2v) is 8.23. The summed E-state index contributed by atoms with van der Waals surface area (Å²) >= 11 is 3.35. The molecule has 1 N–H and O–H groups in total. The van der Waals surface area contributed by atoms with Crippen molar-refractivity contribution in [3.63, 3.8) is 0 Å². The normalized spacial score (nSPS) is 10.8. The lowest BCUT2D eigenvalue weighted by molar-refractivity contribution is -0.115. The van der Waals surface area contributed by atoms with E-state index in [2.05, 4.69) is 28.5 Å². The summed E-state index contributed by atoms with van der Waals surface area (Å²) in [4.78, 5) is 18.1. The van der Waals surface area contributed by atoms with E-state index < -0.39 is 0 Å². The third-order valence-electron chi connectivity index (χ3n) is 4.03. The summed E-state index contributed by atoms with van der Waals surface area (Å²) in [7, 11) is 0. The Kier molecular flexibility index (Phi) is 5.51. The number of carbonyl (C=O) groups is 1. The molecule has 0 aliphatic heterocycles. The molecule has 1 heterocycles. The van der Waals surface area contributed by atoms with Gasteiger partial charge in [-0.2, -0.15) is 0 Å². The van der Waals surface area contributed by atoms with Crippen molar-refractivity contribution < 1.29 is 4.79 Å². The summed E-state index contributed by atoms with van der Waals surface area (Å²) in [6.45, 7) is 0. The number of nitrogens with one attached hydrogen (secondary N) is 1. The van der Waals surface area contributed by atoms with Crippen molar-refractivity contribution in [2.75, 3.05) is 11.1 Å². The zero-order chi connectivity index (χ0) is 18.5. The van der Waals surface area contributed by atoms with Crippen LogP contribution >= 0.6 is 23.1 Å². The number of benzene rings is 3. The summed E-state index contributed by atoms with van der Waals surface area (Å²) < 4.78 is 1.17. The number of thiazole rings is 1. The zero-order valence-corrected chi connectivity index (χ0v) is 16.2. The maximum atomic E-state index is 12.3. The first-order chi connectivity index (χ1) is 13.3. The molecule has 0 fully saturated rings. The molecule has 5 heteroatoms. The summed E-state index contributed by atoms with van der Waals surface area (Å²) in [5, 5.41) is 3.96. The Labute approximate surface area is 166 Å². The van der Waals surface area contributed by atoms with Gasteiger partial charge in [0.2, 0.25) is 5.91 Å². The van der Waals surface area contributed by atoms with Crippen molar-refractivity contribution in [1.82, 2.24) is 4.98 Å². The standard InChI is InChI=1S/C22H18N2OS2/c25-21(13-14-26-18-9-2-1-3-10-18)23-17-8-6-7-16(15-17)22-24-19-11-4-5-12-20(19)27-22/h1-12,15H,13-14H2,(H,23,25). The highest BCUT2D eigenvalue weighted by molar-refractivity contribution is 7.99. The van der Waals surface area contributed by atoms with E-state index in [4.69, 9.17) is 0 Å². The number of aromatic nitrogens is 1. The van der Waals surface area contributed by atoms with Gasteiger partial charge in [-0.25, -0.2) is 4.98 Å². The molecule has 4 aromatic rings. The highest BCUT2D eigenvalue weighted by Gasteiger charge is 2.08. The second-order valence-electron chi connectivity index (χ2n) is 6.03. The maximum absolute atomic E-state index is 12.3. The number of anilines is 1. The SMILES string of the molecule is O=C(CCSc1ccccc1)Nc1cccc(-c2nc3ccccc3s2)c1. The molecule has 0 saturated heterocycles. The van der Waals surface area contributed by atoms with Crippen LogP contribution < -0.4 is 5.32 Å². The van der Waals surface area contributed by atoms with Crippen LogP contribution in [0.3, 0.4) is 0 Å². The van der Waals surface area contributed by atoms with Gasteiger partial charge in [0.1, 0.15) is 5.01 Å². The molecule has 0 saturated carbocycles. The molecule has 0 radical (unpaired) electrons. The molecule has 134 valence electrons. The molecule has 27 heavy (non-hydrogen) atoms. The number of thioether (sulfide) groups is 1. The summed E-state index contributed by atoms with van der Waals surface area (Å²) in [5.74, 6) is 0.785. The monoisotopic (exact) mass is 390 g/mol. The predicted octanol–water partition coefficient (Wildman–Crippen LogP) is 6.08. The largest absolute Gasteiger partial charge is 0.326 e. The number of nitrogens with zero attached hydrogens (tertiary/aromatic N) is 1. The van der Waals surface area contributed by atoms with Gasteiger partial charge in [0, 0.05) is 28.3 Å². The van der Waals surface area contributed by atoms with Gasteiger partial charge in [-0.1, -0.05) is 42.5 Å². The lowest BCUT2D eigenvalue weighted by Gasteiger charge is -2.06. The average molecular weight is 391 g/mol. The lowest BCUT2D eigenvalue weighted by atomic mass is 10.2. The van der Waals surface area contributed by atoms with Gasteiger partial charge in [-0.05, 0) is 36.4 Å². The summed E-state index contributed by atoms with van der Waals surface area (Å²) in [6.07, 6.45) is 0.477. The van der Waals surface area contributed by atoms with Crippen molar-refractivity contribution in [3.8, 4) is 10.6 Å². The van der Waals surface area contributed by atoms with E-state index in [-0.39, 0.29) is 5.91 Å². The van der Waals surface area contributed by atoms with Gasteiger partial charge in [-0.15, -0.1) is 23.1 Å². The molecule has 0 unspecified atom stereocenters. The minimum Gasteiger partial charge on any atom is -0.326 e. The van der Waals surface area contributed by atoms with Crippen LogP contribution in [0.5, 0.6) is 0 Å². The number of rotatable bonds is 6. The van der Waals surface area contributed by atoms with Gasteiger partial charge < -0.3 is 5.32 Å². The van der Waals surface area contributed by atoms with Crippen LogP contribution in [-0.4, -0.2) is 16.6 Å². The quantitative estimate of drug-likeness (QED) is 0.405. The van der Waals surface area contributed by atoms with Crippen LogP contribution in [0.2, 0.25) is 0 Å². The highest BCUT2D eigenvalue weighted by Crippen LogP contribution is 2.31. The van der Waals surface area contributed by atoms with Gasteiger partial charge in [0.15, 0.2) is 0 Å². The molecule has 0 aliphatic carbocycles. The minimum atomic E-state index is 0.0277. The van der Waals surface area contributed by atoms with E-state index in [0.717, 1.165) is 27.5 Å². The van der Waals surface area contributed by atoms with Gasteiger partial charge in [-0.3, -0.25) is 4.79 Å². The van der Waals surface area contributed by atoms with E-state index in [1.165, 1.54) is 9.60 Å². The molecule has 0 aliphatic rings. The molecule has 0 atom stereocenters. The van der Waals surface area contributed by atoms with Crippen LogP contribution in [0.4, 0.5) is 5.69 Å². The number of para-hydroxylation sites is 1. The number of carbonyl (C=O) groups excluding carboxylic acids is 1. The highest BCUT2D eigenvalue weighted by atomic mass is 32.2. The first kappa shape index (κ1) is 17.8. The first-order valence-electron chi connectivity index (χ1n) is 8.72. The van der Waals surface area contributed by atoms with Crippen LogP contribution in [0.1, 0.15) is 6.42 Å². The Balaban J connectivity index is 1.39.